The summed E-state index contributed by atoms with van der Waals surface area (Å²) in [6, 6.07) is 9.35. The van der Waals surface area contributed by atoms with E-state index in [1.54, 1.807) is 39.8 Å². The van der Waals surface area contributed by atoms with E-state index >= 15 is 0 Å². The number of aryl methyl sites for hydroxylation is 1. The second-order valence-corrected chi connectivity index (χ2v) is 11.9. The first-order chi connectivity index (χ1) is 17.4. The van der Waals surface area contributed by atoms with Gasteiger partial charge in [-0.3, -0.25) is 9.20 Å². The smallest absolute Gasteiger partial charge is 0.251 e. The summed E-state index contributed by atoms with van der Waals surface area (Å²) in [7, 11) is -3.45. The summed E-state index contributed by atoms with van der Waals surface area (Å²) < 4.78 is 30.0. The van der Waals surface area contributed by atoms with Crippen molar-refractivity contribution in [1.82, 2.24) is 29.8 Å². The highest BCUT2D eigenvalue weighted by Gasteiger charge is 2.29. The second kappa shape index (κ2) is 8.86. The second-order valence-electron chi connectivity index (χ2n) is 9.65. The number of sulfone groups is 1. The first-order valence-electron chi connectivity index (χ1n) is 12.3. The van der Waals surface area contributed by atoms with Gasteiger partial charge in [0.1, 0.15) is 5.65 Å². The zero-order valence-electron chi connectivity index (χ0n) is 20.0. The van der Waals surface area contributed by atoms with Crippen molar-refractivity contribution < 1.29 is 13.2 Å². The van der Waals surface area contributed by atoms with Gasteiger partial charge in [0.2, 0.25) is 0 Å². The third-order valence-corrected chi connectivity index (χ3v) is 9.30. The molecule has 6 rings (SSSR count). The van der Waals surface area contributed by atoms with E-state index in [4.69, 9.17) is 0 Å². The number of carbonyl (C=O) groups excluding carboxylic acids is 1. The zero-order chi connectivity index (χ0) is 24.9. The SMILES string of the molecule is Cc1ccc(C(=O)NC2CC2)cc1-c1cnn(-c2cnc3ccc(S(=O)(=O)C4CCNCC4)cn23)c1. The van der Waals surface area contributed by atoms with Crippen molar-refractivity contribution in [2.45, 2.75) is 48.8 Å². The number of nitrogens with zero attached hydrogens (tertiary/aromatic N) is 4. The molecule has 2 N–H and O–H groups in total. The summed E-state index contributed by atoms with van der Waals surface area (Å²) in [6.07, 6.45) is 10.2. The van der Waals surface area contributed by atoms with Crippen molar-refractivity contribution in [1.29, 1.82) is 0 Å². The quantitative estimate of drug-likeness (QED) is 0.418. The fraction of sp³-hybridized carbons (Fsp3) is 0.346. The van der Waals surface area contributed by atoms with Crippen molar-refractivity contribution in [3.8, 4) is 16.9 Å². The Balaban J connectivity index is 1.34. The average molecular weight is 505 g/mol. The number of hydrogen-bond acceptors (Lipinski definition) is 6. The Hall–Kier alpha value is -3.50. The highest BCUT2D eigenvalue weighted by atomic mass is 32.2. The van der Waals surface area contributed by atoms with E-state index in [1.807, 2.05) is 31.3 Å². The molecule has 0 bridgehead atoms. The van der Waals surface area contributed by atoms with E-state index in [0.717, 1.165) is 29.5 Å². The normalized spacial score (nSPS) is 16.9. The summed E-state index contributed by atoms with van der Waals surface area (Å²) >= 11 is 0. The molecule has 1 saturated heterocycles. The molecular weight excluding hydrogens is 476 g/mol. The van der Waals surface area contributed by atoms with E-state index in [-0.39, 0.29) is 11.2 Å². The molecule has 186 valence electrons. The van der Waals surface area contributed by atoms with Crippen LogP contribution in [0.15, 0.2) is 60.0 Å². The molecule has 1 aliphatic heterocycles. The number of fused-ring (bicyclic) bond motifs is 1. The topological polar surface area (TPSA) is 110 Å². The lowest BCUT2D eigenvalue weighted by Gasteiger charge is -2.22. The molecule has 36 heavy (non-hydrogen) atoms. The van der Waals surface area contributed by atoms with Gasteiger partial charge in [-0.05, 0) is 81.1 Å². The standard InChI is InChI=1S/C26H28N6O3S/c1-17-2-3-18(26(33)30-20-4-5-20)12-23(17)19-13-29-32(15-19)25-14-28-24-7-6-22(16-31(24)25)36(34,35)21-8-10-27-11-9-21/h2-3,6-7,12-16,20-21,27H,4-5,8-11H2,1H3,(H,30,33). The first kappa shape index (κ1) is 22.9. The molecule has 0 atom stereocenters. The van der Waals surface area contributed by atoms with Gasteiger partial charge in [-0.1, -0.05) is 6.07 Å². The molecule has 2 fully saturated rings. The van der Waals surface area contributed by atoms with Gasteiger partial charge in [-0.15, -0.1) is 0 Å². The number of piperidine rings is 1. The molecule has 9 nitrogen and oxygen atoms in total. The maximum absolute atomic E-state index is 13.3. The Kier molecular flexibility index (Phi) is 5.65. The van der Waals surface area contributed by atoms with Crippen LogP contribution in [0.5, 0.6) is 0 Å². The Bertz CT molecular complexity index is 1560. The Morgan fingerprint density at radius 1 is 1.06 bits per heavy atom. The van der Waals surface area contributed by atoms with Gasteiger partial charge in [0, 0.05) is 29.6 Å². The zero-order valence-corrected chi connectivity index (χ0v) is 20.8. The molecular formula is C26H28N6O3S. The Morgan fingerprint density at radius 3 is 2.64 bits per heavy atom. The number of amides is 1. The van der Waals surface area contributed by atoms with Crippen LogP contribution in [0, 0.1) is 6.92 Å². The van der Waals surface area contributed by atoms with Crippen LogP contribution in [0.3, 0.4) is 0 Å². The van der Waals surface area contributed by atoms with Crippen molar-refractivity contribution in [3.05, 3.63) is 66.2 Å². The van der Waals surface area contributed by atoms with Crippen LogP contribution in [-0.4, -0.2) is 57.9 Å². The lowest BCUT2D eigenvalue weighted by atomic mass is 10.0. The van der Waals surface area contributed by atoms with Crippen LogP contribution in [0.25, 0.3) is 22.6 Å². The summed E-state index contributed by atoms with van der Waals surface area (Å²) in [6.45, 7) is 3.42. The average Bonchev–Trinajstić information content (AvgIpc) is 3.40. The van der Waals surface area contributed by atoms with E-state index in [1.165, 1.54) is 0 Å². The van der Waals surface area contributed by atoms with E-state index < -0.39 is 9.84 Å². The fourth-order valence-electron chi connectivity index (χ4n) is 4.74. The van der Waals surface area contributed by atoms with Crippen LogP contribution < -0.4 is 10.6 Å². The van der Waals surface area contributed by atoms with Gasteiger partial charge in [0.05, 0.1) is 22.5 Å². The molecule has 0 radical (unpaired) electrons. The summed E-state index contributed by atoms with van der Waals surface area (Å²) in [5.74, 6) is 0.578. The Labute approximate surface area is 209 Å². The maximum atomic E-state index is 13.3. The summed E-state index contributed by atoms with van der Waals surface area (Å²) in [5, 5.41) is 10.4. The molecule has 2 aliphatic rings. The molecule has 1 amide bonds. The molecule has 3 aromatic heterocycles. The summed E-state index contributed by atoms with van der Waals surface area (Å²) in [4.78, 5) is 17.3. The first-order valence-corrected chi connectivity index (χ1v) is 13.8. The number of hydrogen-bond donors (Lipinski definition) is 2. The number of carbonyl (C=O) groups is 1. The van der Waals surface area contributed by atoms with Gasteiger partial charge in [0.25, 0.3) is 5.91 Å². The van der Waals surface area contributed by atoms with Crippen molar-refractivity contribution in [2.75, 3.05) is 13.1 Å². The molecule has 10 heteroatoms. The molecule has 0 unspecified atom stereocenters. The molecule has 4 heterocycles. The molecule has 1 aromatic carbocycles. The lowest BCUT2D eigenvalue weighted by molar-refractivity contribution is 0.0951. The fourth-order valence-corrected chi connectivity index (χ4v) is 6.49. The van der Waals surface area contributed by atoms with Crippen LogP contribution in [0.1, 0.15) is 41.6 Å². The number of imidazole rings is 1. The number of nitrogens with one attached hydrogen (secondary N) is 2. The number of pyridine rings is 1. The minimum absolute atomic E-state index is 0.0598. The van der Waals surface area contributed by atoms with Gasteiger partial charge < -0.3 is 10.6 Å². The van der Waals surface area contributed by atoms with Gasteiger partial charge in [-0.25, -0.2) is 18.1 Å². The summed E-state index contributed by atoms with van der Waals surface area (Å²) in [5.41, 5.74) is 4.08. The third-order valence-electron chi connectivity index (χ3n) is 7.05. The van der Waals surface area contributed by atoms with Gasteiger partial charge in [-0.2, -0.15) is 5.10 Å². The minimum atomic E-state index is -3.45. The number of aromatic nitrogens is 4. The molecule has 1 saturated carbocycles. The number of rotatable bonds is 6. The van der Waals surface area contributed by atoms with E-state index in [2.05, 4.69) is 20.7 Å². The number of benzene rings is 1. The molecule has 1 aliphatic carbocycles. The van der Waals surface area contributed by atoms with Crippen LogP contribution in [-0.2, 0) is 9.84 Å². The van der Waals surface area contributed by atoms with Crippen molar-refractivity contribution >= 4 is 21.4 Å². The van der Waals surface area contributed by atoms with Gasteiger partial charge in [0.15, 0.2) is 15.7 Å². The highest BCUT2D eigenvalue weighted by molar-refractivity contribution is 7.92. The maximum Gasteiger partial charge on any atom is 0.251 e. The van der Waals surface area contributed by atoms with Gasteiger partial charge >= 0.3 is 0 Å². The molecule has 4 aromatic rings. The largest absolute Gasteiger partial charge is 0.349 e. The lowest BCUT2D eigenvalue weighted by Crippen LogP contribution is -2.35. The third kappa shape index (κ3) is 4.20. The molecule has 0 spiro atoms. The highest BCUT2D eigenvalue weighted by Crippen LogP contribution is 2.28. The van der Waals surface area contributed by atoms with Crippen molar-refractivity contribution in [3.63, 3.8) is 0 Å². The van der Waals surface area contributed by atoms with Crippen LogP contribution >= 0.6 is 0 Å². The Morgan fingerprint density at radius 2 is 1.86 bits per heavy atom. The van der Waals surface area contributed by atoms with E-state index in [9.17, 15) is 13.2 Å². The predicted octanol–water partition coefficient (Wildman–Crippen LogP) is 2.91. The van der Waals surface area contributed by atoms with Crippen LogP contribution in [0.4, 0.5) is 0 Å². The van der Waals surface area contributed by atoms with Crippen molar-refractivity contribution in [2.24, 2.45) is 0 Å². The van der Waals surface area contributed by atoms with E-state index in [0.29, 0.717) is 53.9 Å². The van der Waals surface area contributed by atoms with Crippen LogP contribution in [0.2, 0.25) is 0 Å². The predicted molar refractivity (Wildman–Crippen MR) is 136 cm³/mol. The minimum Gasteiger partial charge on any atom is -0.349 e. The monoisotopic (exact) mass is 504 g/mol.